The predicted molar refractivity (Wildman–Crippen MR) is 66.1 cm³/mol. The van der Waals surface area contributed by atoms with Crippen molar-refractivity contribution in [1.82, 2.24) is 5.32 Å². The van der Waals surface area contributed by atoms with Gasteiger partial charge in [-0.2, -0.15) is 0 Å². The molecule has 0 bridgehead atoms. The molecule has 0 fully saturated rings. The van der Waals surface area contributed by atoms with E-state index in [1.54, 1.807) is 0 Å². The normalized spacial score (nSPS) is 15.9. The molecule has 0 aromatic rings. The molecule has 1 amide bonds. The van der Waals surface area contributed by atoms with Crippen molar-refractivity contribution in [2.24, 2.45) is 0 Å². The number of aliphatic hydroxyl groups excluding tert-OH is 1. The average molecular weight is 233 g/mol. The first-order valence-corrected chi connectivity index (χ1v) is 6.35. The van der Waals surface area contributed by atoms with E-state index in [1.807, 2.05) is 27.7 Å². The molecule has 90 valence electrons. The molecule has 0 spiro atoms. The molecule has 2 unspecified atom stereocenters. The number of rotatable bonds is 6. The molecule has 3 nitrogen and oxygen atoms in total. The highest BCUT2D eigenvalue weighted by Gasteiger charge is 2.23. The number of amides is 1. The van der Waals surface area contributed by atoms with Gasteiger partial charge in [-0.05, 0) is 27.2 Å². The third-order valence-electron chi connectivity index (χ3n) is 2.41. The monoisotopic (exact) mass is 233 g/mol. The molecule has 4 heteroatoms. The van der Waals surface area contributed by atoms with Crippen molar-refractivity contribution in [3.63, 3.8) is 0 Å². The Hall–Kier alpha value is -0.220. The zero-order valence-electron chi connectivity index (χ0n) is 10.3. The summed E-state index contributed by atoms with van der Waals surface area (Å²) in [7, 11) is 0. The van der Waals surface area contributed by atoms with E-state index in [-0.39, 0.29) is 28.6 Å². The van der Waals surface area contributed by atoms with Gasteiger partial charge in [-0.25, -0.2) is 0 Å². The van der Waals surface area contributed by atoms with E-state index in [1.165, 1.54) is 11.8 Å². The topological polar surface area (TPSA) is 49.3 Å². The van der Waals surface area contributed by atoms with Crippen molar-refractivity contribution in [3.8, 4) is 0 Å². The second kappa shape index (κ2) is 6.38. The summed E-state index contributed by atoms with van der Waals surface area (Å²) < 4.78 is 0. The van der Waals surface area contributed by atoms with Crippen molar-refractivity contribution >= 4 is 17.7 Å². The van der Waals surface area contributed by atoms with E-state index < -0.39 is 0 Å². The first-order chi connectivity index (χ1) is 6.82. The largest absolute Gasteiger partial charge is 0.395 e. The second-order valence-electron chi connectivity index (χ2n) is 4.50. The standard InChI is InChI=1S/C11H23NO2S/c1-6-11(4,5)12-10(14)9(3)15-8(2)7-13/h8-9,13H,6-7H2,1-5H3,(H,12,14). The number of carbonyl (C=O) groups is 1. The van der Waals surface area contributed by atoms with Crippen LogP contribution in [-0.4, -0.2) is 33.7 Å². The zero-order chi connectivity index (χ0) is 12.1. The zero-order valence-corrected chi connectivity index (χ0v) is 11.1. The second-order valence-corrected chi connectivity index (χ2v) is 6.28. The minimum Gasteiger partial charge on any atom is -0.395 e. The summed E-state index contributed by atoms with van der Waals surface area (Å²) in [5, 5.41) is 11.9. The minimum absolute atomic E-state index is 0.0483. The van der Waals surface area contributed by atoms with Gasteiger partial charge >= 0.3 is 0 Å². The molecule has 0 radical (unpaired) electrons. The molecule has 0 aromatic heterocycles. The first-order valence-electron chi connectivity index (χ1n) is 5.40. The Bertz CT molecular complexity index is 207. The maximum atomic E-state index is 11.8. The summed E-state index contributed by atoms with van der Waals surface area (Å²) in [4.78, 5) is 11.8. The van der Waals surface area contributed by atoms with Crippen LogP contribution >= 0.6 is 11.8 Å². The third-order valence-corrected chi connectivity index (χ3v) is 3.64. The highest BCUT2D eigenvalue weighted by atomic mass is 32.2. The van der Waals surface area contributed by atoms with E-state index in [9.17, 15) is 4.79 Å². The molecule has 0 aliphatic rings. The summed E-state index contributed by atoms with van der Waals surface area (Å²) in [6.07, 6.45) is 0.908. The fourth-order valence-electron chi connectivity index (χ4n) is 0.977. The Morgan fingerprint density at radius 3 is 2.40 bits per heavy atom. The van der Waals surface area contributed by atoms with Crippen LogP contribution in [0.1, 0.15) is 41.0 Å². The molecule has 0 aliphatic carbocycles. The lowest BCUT2D eigenvalue weighted by Gasteiger charge is -2.26. The van der Waals surface area contributed by atoms with Crippen LogP contribution in [0.15, 0.2) is 0 Å². The van der Waals surface area contributed by atoms with Gasteiger partial charge < -0.3 is 10.4 Å². The number of carbonyl (C=O) groups excluding carboxylic acids is 1. The lowest BCUT2D eigenvalue weighted by atomic mass is 10.0. The summed E-state index contributed by atoms with van der Waals surface area (Å²) in [6, 6.07) is 0. The average Bonchev–Trinajstić information content (AvgIpc) is 2.16. The molecule has 0 rings (SSSR count). The van der Waals surface area contributed by atoms with E-state index in [0.29, 0.717) is 0 Å². The summed E-state index contributed by atoms with van der Waals surface area (Å²) >= 11 is 1.50. The van der Waals surface area contributed by atoms with Crippen molar-refractivity contribution in [2.45, 2.75) is 57.1 Å². The van der Waals surface area contributed by atoms with Crippen LogP contribution in [-0.2, 0) is 4.79 Å². The van der Waals surface area contributed by atoms with Crippen molar-refractivity contribution in [2.75, 3.05) is 6.61 Å². The van der Waals surface area contributed by atoms with Crippen LogP contribution in [0, 0.1) is 0 Å². The van der Waals surface area contributed by atoms with Gasteiger partial charge in [-0.1, -0.05) is 13.8 Å². The van der Waals surface area contributed by atoms with Gasteiger partial charge in [-0.3, -0.25) is 4.79 Å². The highest BCUT2D eigenvalue weighted by Crippen LogP contribution is 2.18. The smallest absolute Gasteiger partial charge is 0.233 e. The fourth-order valence-corrected chi connectivity index (χ4v) is 1.94. The van der Waals surface area contributed by atoms with Gasteiger partial charge in [-0.15, -0.1) is 11.8 Å². The number of hydrogen-bond acceptors (Lipinski definition) is 3. The molecular formula is C11H23NO2S. The van der Waals surface area contributed by atoms with Crippen molar-refractivity contribution in [3.05, 3.63) is 0 Å². The Morgan fingerprint density at radius 2 is 2.00 bits per heavy atom. The molecule has 0 heterocycles. The molecule has 0 saturated carbocycles. The van der Waals surface area contributed by atoms with Crippen LogP contribution in [0.25, 0.3) is 0 Å². The van der Waals surface area contributed by atoms with E-state index in [4.69, 9.17) is 5.11 Å². The van der Waals surface area contributed by atoms with E-state index in [2.05, 4.69) is 12.2 Å². The van der Waals surface area contributed by atoms with Gasteiger partial charge in [0.2, 0.25) is 5.91 Å². The molecule has 2 N–H and O–H groups in total. The Labute approximate surface area is 97.0 Å². The lowest BCUT2D eigenvalue weighted by molar-refractivity contribution is -0.121. The number of thioether (sulfide) groups is 1. The van der Waals surface area contributed by atoms with Gasteiger partial charge in [0.25, 0.3) is 0 Å². The highest BCUT2D eigenvalue weighted by molar-refractivity contribution is 8.01. The van der Waals surface area contributed by atoms with E-state index >= 15 is 0 Å². The molecule has 0 aromatic carbocycles. The number of nitrogens with one attached hydrogen (secondary N) is 1. The van der Waals surface area contributed by atoms with Gasteiger partial charge in [0.15, 0.2) is 0 Å². The van der Waals surface area contributed by atoms with Crippen LogP contribution in [0.2, 0.25) is 0 Å². The molecule has 2 atom stereocenters. The first kappa shape index (κ1) is 14.8. The van der Waals surface area contributed by atoms with Crippen LogP contribution in [0.3, 0.4) is 0 Å². The molecule has 15 heavy (non-hydrogen) atoms. The third kappa shape index (κ3) is 6.05. The van der Waals surface area contributed by atoms with Gasteiger partial charge in [0.05, 0.1) is 11.9 Å². The fraction of sp³-hybridized carbons (Fsp3) is 0.909. The Kier molecular flexibility index (Phi) is 6.29. The minimum atomic E-state index is -0.144. The van der Waals surface area contributed by atoms with Crippen LogP contribution in [0.4, 0.5) is 0 Å². The maximum Gasteiger partial charge on any atom is 0.233 e. The Balaban J connectivity index is 4.10. The summed E-state index contributed by atoms with van der Waals surface area (Å²) in [5.74, 6) is 0.0483. The summed E-state index contributed by atoms with van der Waals surface area (Å²) in [5.41, 5.74) is -0.144. The van der Waals surface area contributed by atoms with Gasteiger partial charge in [0, 0.05) is 10.8 Å². The number of aliphatic hydroxyl groups is 1. The maximum absolute atomic E-state index is 11.8. The van der Waals surface area contributed by atoms with Crippen LogP contribution in [0.5, 0.6) is 0 Å². The predicted octanol–water partition coefficient (Wildman–Crippen LogP) is 1.79. The van der Waals surface area contributed by atoms with E-state index in [0.717, 1.165) is 6.42 Å². The van der Waals surface area contributed by atoms with Gasteiger partial charge in [0.1, 0.15) is 0 Å². The Morgan fingerprint density at radius 1 is 1.47 bits per heavy atom. The lowest BCUT2D eigenvalue weighted by Crippen LogP contribution is -2.46. The van der Waals surface area contributed by atoms with Crippen LogP contribution < -0.4 is 5.32 Å². The molecule has 0 aliphatic heterocycles. The van der Waals surface area contributed by atoms with Crippen molar-refractivity contribution < 1.29 is 9.90 Å². The molecule has 0 saturated heterocycles. The van der Waals surface area contributed by atoms with Crippen molar-refractivity contribution in [1.29, 1.82) is 0 Å². The number of hydrogen-bond donors (Lipinski definition) is 2. The quantitative estimate of drug-likeness (QED) is 0.735. The molecular weight excluding hydrogens is 210 g/mol. The summed E-state index contributed by atoms with van der Waals surface area (Å²) in [6.45, 7) is 9.97. The SMILES string of the molecule is CCC(C)(C)NC(=O)C(C)SC(C)CO.